The molecule has 2 N–H and O–H groups in total. The minimum atomic E-state index is -4.48. The van der Waals surface area contributed by atoms with Crippen molar-refractivity contribution < 1.29 is 13.2 Å². The van der Waals surface area contributed by atoms with Gasteiger partial charge in [0.05, 0.1) is 11.3 Å². The highest BCUT2D eigenvalue weighted by Gasteiger charge is 2.46. The number of amidine groups is 1. The Morgan fingerprint density at radius 1 is 1.13 bits per heavy atom. The summed E-state index contributed by atoms with van der Waals surface area (Å²) in [6.45, 7) is 0. The van der Waals surface area contributed by atoms with Gasteiger partial charge in [-0.3, -0.25) is 0 Å². The molecule has 1 atom stereocenters. The first-order valence-corrected chi connectivity index (χ1v) is 6.84. The lowest BCUT2D eigenvalue weighted by Gasteiger charge is -2.23. The average molecular weight is 340 g/mol. The molecule has 0 saturated carbocycles. The number of alkyl halides is 3. The summed E-state index contributed by atoms with van der Waals surface area (Å²) in [6.07, 6.45) is -4.48. The van der Waals surface area contributed by atoms with Gasteiger partial charge in [0.15, 0.2) is 0 Å². The van der Waals surface area contributed by atoms with Gasteiger partial charge in [0.25, 0.3) is 0 Å². The van der Waals surface area contributed by atoms with Gasteiger partial charge in [-0.1, -0.05) is 23.7 Å². The molecule has 8 heteroatoms. The fourth-order valence-corrected chi connectivity index (χ4v) is 2.77. The van der Waals surface area contributed by atoms with E-state index in [0.717, 1.165) is 12.1 Å². The number of halogens is 4. The predicted molar refractivity (Wildman–Crippen MR) is 80.8 cm³/mol. The van der Waals surface area contributed by atoms with E-state index in [4.69, 9.17) is 17.3 Å². The predicted octanol–water partition coefficient (Wildman–Crippen LogP) is 4.37. The van der Waals surface area contributed by atoms with Gasteiger partial charge < -0.3 is 5.73 Å². The van der Waals surface area contributed by atoms with E-state index in [1.165, 1.54) is 18.2 Å². The van der Waals surface area contributed by atoms with E-state index in [-0.39, 0.29) is 11.4 Å². The van der Waals surface area contributed by atoms with Gasteiger partial charge in [-0.05, 0) is 41.1 Å². The summed E-state index contributed by atoms with van der Waals surface area (Å²) in [6, 6.07) is 8.72. The van der Waals surface area contributed by atoms with Crippen LogP contribution >= 0.6 is 11.6 Å². The van der Waals surface area contributed by atoms with Crippen molar-refractivity contribution in [3.63, 3.8) is 0 Å². The molecule has 0 spiro atoms. The van der Waals surface area contributed by atoms with Crippen LogP contribution in [-0.4, -0.2) is 5.84 Å². The van der Waals surface area contributed by atoms with Crippen molar-refractivity contribution in [3.8, 4) is 0 Å². The molecule has 4 nitrogen and oxygen atoms in total. The first-order valence-electron chi connectivity index (χ1n) is 6.46. The molecule has 2 aromatic carbocycles. The Balaban J connectivity index is 2.19. The smallest absolute Gasteiger partial charge is 0.384 e. The second kappa shape index (κ2) is 5.06. The number of aliphatic imine (C=N–C) groups is 1. The molecule has 1 heterocycles. The molecule has 2 aromatic rings. The summed E-state index contributed by atoms with van der Waals surface area (Å²) in [5.74, 6) is -0.107. The Morgan fingerprint density at radius 3 is 2.35 bits per heavy atom. The van der Waals surface area contributed by atoms with E-state index in [0.29, 0.717) is 16.3 Å². The van der Waals surface area contributed by atoms with E-state index >= 15 is 0 Å². The standard InChI is InChI=1S/C15H9ClF3N3O/c16-10-5-6-12-11(7-10)14(22-23,13(20)21-12)8-1-3-9(4-2-8)15(17,18)19/h1-7H,(H2,20,21). The zero-order valence-corrected chi connectivity index (χ0v) is 12.2. The number of hydrogen-bond acceptors (Lipinski definition) is 4. The second-order valence-electron chi connectivity index (χ2n) is 5.04. The van der Waals surface area contributed by atoms with Gasteiger partial charge >= 0.3 is 6.18 Å². The lowest BCUT2D eigenvalue weighted by Crippen LogP contribution is -2.37. The van der Waals surface area contributed by atoms with Crippen LogP contribution in [0.1, 0.15) is 16.7 Å². The Hall–Kier alpha value is -2.41. The number of nitroso groups, excluding NO2 is 1. The molecule has 118 valence electrons. The Labute approximate surface area is 133 Å². The van der Waals surface area contributed by atoms with Crippen LogP contribution in [0.5, 0.6) is 0 Å². The van der Waals surface area contributed by atoms with Crippen LogP contribution < -0.4 is 5.73 Å². The molecule has 0 radical (unpaired) electrons. The summed E-state index contributed by atoms with van der Waals surface area (Å²) in [5.41, 5.74) is 4.31. The molecule has 3 rings (SSSR count). The zero-order valence-electron chi connectivity index (χ0n) is 11.4. The number of benzene rings is 2. The fourth-order valence-electron chi connectivity index (χ4n) is 2.60. The minimum absolute atomic E-state index is 0.107. The van der Waals surface area contributed by atoms with Crippen LogP contribution in [0.3, 0.4) is 0 Å². The van der Waals surface area contributed by atoms with Crippen molar-refractivity contribution in [2.24, 2.45) is 15.9 Å². The number of hydrogen-bond donors (Lipinski definition) is 1. The molecule has 0 aliphatic carbocycles. The first kappa shape index (κ1) is 15.5. The Bertz CT molecular complexity index is 818. The van der Waals surface area contributed by atoms with Crippen LogP contribution in [0.4, 0.5) is 18.9 Å². The number of nitrogens with zero attached hydrogens (tertiary/aromatic N) is 2. The zero-order chi connectivity index (χ0) is 16.8. The first-order chi connectivity index (χ1) is 10.8. The third-order valence-electron chi connectivity index (χ3n) is 3.73. The average Bonchev–Trinajstić information content (AvgIpc) is 2.78. The summed E-state index contributed by atoms with van der Waals surface area (Å²) in [5, 5.41) is 3.44. The molecule has 0 aromatic heterocycles. The quantitative estimate of drug-likeness (QED) is 0.825. The van der Waals surface area contributed by atoms with Crippen molar-refractivity contribution in [2.45, 2.75) is 11.7 Å². The third-order valence-corrected chi connectivity index (χ3v) is 3.96. The number of nitrogens with two attached hydrogens (primary N) is 1. The van der Waals surface area contributed by atoms with E-state index < -0.39 is 17.3 Å². The summed E-state index contributed by atoms with van der Waals surface area (Å²) in [4.78, 5) is 15.7. The lowest BCUT2D eigenvalue weighted by molar-refractivity contribution is -0.137. The largest absolute Gasteiger partial charge is 0.416 e. The maximum Gasteiger partial charge on any atom is 0.416 e. The molecule has 0 bridgehead atoms. The molecular weight excluding hydrogens is 331 g/mol. The van der Waals surface area contributed by atoms with Crippen molar-refractivity contribution in [2.75, 3.05) is 0 Å². The molecule has 1 aliphatic rings. The van der Waals surface area contributed by atoms with Gasteiger partial charge in [0.2, 0.25) is 5.54 Å². The van der Waals surface area contributed by atoms with E-state index in [2.05, 4.69) is 10.2 Å². The molecular formula is C15H9ClF3N3O. The van der Waals surface area contributed by atoms with Crippen molar-refractivity contribution in [1.82, 2.24) is 0 Å². The SMILES string of the molecule is NC1=Nc2ccc(Cl)cc2C1(N=O)c1ccc(C(F)(F)F)cc1. The van der Waals surface area contributed by atoms with Crippen LogP contribution in [-0.2, 0) is 11.7 Å². The third kappa shape index (κ3) is 2.28. The minimum Gasteiger partial charge on any atom is -0.384 e. The molecule has 1 unspecified atom stereocenters. The monoisotopic (exact) mass is 339 g/mol. The lowest BCUT2D eigenvalue weighted by atomic mass is 9.83. The van der Waals surface area contributed by atoms with Gasteiger partial charge in [0.1, 0.15) is 5.84 Å². The normalized spacial score (nSPS) is 20.1. The van der Waals surface area contributed by atoms with Crippen LogP contribution in [0.15, 0.2) is 52.6 Å². The molecule has 0 amide bonds. The van der Waals surface area contributed by atoms with Crippen molar-refractivity contribution >= 4 is 23.1 Å². The second-order valence-corrected chi connectivity index (χ2v) is 5.47. The fraction of sp³-hybridized carbons (Fsp3) is 0.133. The van der Waals surface area contributed by atoms with Gasteiger partial charge in [-0.25, -0.2) is 4.99 Å². The molecule has 23 heavy (non-hydrogen) atoms. The maximum absolute atomic E-state index is 12.7. The van der Waals surface area contributed by atoms with Crippen molar-refractivity contribution in [1.29, 1.82) is 0 Å². The van der Waals surface area contributed by atoms with E-state index in [1.54, 1.807) is 12.1 Å². The van der Waals surface area contributed by atoms with E-state index in [1.807, 2.05) is 0 Å². The topological polar surface area (TPSA) is 67.8 Å². The van der Waals surface area contributed by atoms with Gasteiger partial charge in [-0.15, -0.1) is 4.91 Å². The summed E-state index contributed by atoms with van der Waals surface area (Å²) < 4.78 is 38.1. The van der Waals surface area contributed by atoms with Crippen LogP contribution in [0.25, 0.3) is 0 Å². The van der Waals surface area contributed by atoms with Crippen LogP contribution in [0.2, 0.25) is 5.02 Å². The van der Waals surface area contributed by atoms with Gasteiger partial charge in [0, 0.05) is 10.6 Å². The molecule has 0 saturated heterocycles. The van der Waals surface area contributed by atoms with E-state index in [9.17, 15) is 18.1 Å². The number of rotatable bonds is 2. The molecule has 0 fully saturated rings. The molecule has 1 aliphatic heterocycles. The van der Waals surface area contributed by atoms with Crippen molar-refractivity contribution in [3.05, 3.63) is 69.1 Å². The Morgan fingerprint density at radius 2 is 1.78 bits per heavy atom. The van der Waals surface area contributed by atoms with Crippen LogP contribution in [0, 0.1) is 4.91 Å². The highest BCUT2D eigenvalue weighted by molar-refractivity contribution is 6.30. The highest BCUT2D eigenvalue weighted by Crippen LogP contribution is 2.46. The Kier molecular flexibility index (Phi) is 3.40. The van der Waals surface area contributed by atoms with Gasteiger partial charge in [-0.2, -0.15) is 13.2 Å². The number of fused-ring (bicyclic) bond motifs is 1. The maximum atomic E-state index is 12.7. The summed E-state index contributed by atoms with van der Waals surface area (Å²) in [7, 11) is 0. The highest BCUT2D eigenvalue weighted by atomic mass is 35.5. The summed E-state index contributed by atoms with van der Waals surface area (Å²) >= 11 is 5.94.